The molecule has 1 aliphatic rings. The maximum absolute atomic E-state index is 12.5. The number of sulfone groups is 1. The van der Waals surface area contributed by atoms with Crippen molar-refractivity contribution in [2.75, 3.05) is 24.6 Å². The third-order valence-electron chi connectivity index (χ3n) is 4.00. The number of rotatable bonds is 4. The van der Waals surface area contributed by atoms with Crippen LogP contribution < -0.4 is 0 Å². The summed E-state index contributed by atoms with van der Waals surface area (Å²) in [7, 11) is -2.91. The van der Waals surface area contributed by atoms with Gasteiger partial charge in [0, 0.05) is 12.6 Å². The van der Waals surface area contributed by atoms with Crippen LogP contribution >= 0.6 is 0 Å². The van der Waals surface area contributed by atoms with Crippen molar-refractivity contribution >= 4 is 9.84 Å². The van der Waals surface area contributed by atoms with Crippen LogP contribution in [0.3, 0.4) is 0 Å². The number of hydrogen-bond acceptors (Lipinski definition) is 3. The summed E-state index contributed by atoms with van der Waals surface area (Å²) in [5, 5.41) is 0. The zero-order valence-electron chi connectivity index (χ0n) is 12.4. The van der Waals surface area contributed by atoms with Crippen LogP contribution in [-0.2, 0) is 22.4 Å². The molecule has 1 aromatic rings. The monoisotopic (exact) mass is 335 g/mol. The Balaban J connectivity index is 1.82. The van der Waals surface area contributed by atoms with Gasteiger partial charge in [-0.25, -0.2) is 8.42 Å². The average molecular weight is 335 g/mol. The highest BCUT2D eigenvalue weighted by molar-refractivity contribution is 7.91. The lowest BCUT2D eigenvalue weighted by atomic mass is 10.1. The van der Waals surface area contributed by atoms with E-state index >= 15 is 0 Å². The highest BCUT2D eigenvalue weighted by atomic mass is 32.2. The van der Waals surface area contributed by atoms with E-state index in [1.165, 1.54) is 12.1 Å². The molecule has 0 aromatic heterocycles. The van der Waals surface area contributed by atoms with Gasteiger partial charge in [-0.3, -0.25) is 4.90 Å². The van der Waals surface area contributed by atoms with Crippen LogP contribution in [0.4, 0.5) is 13.2 Å². The molecule has 2 rings (SSSR count). The molecule has 1 aliphatic heterocycles. The minimum atomic E-state index is -4.30. The molecule has 0 unspecified atom stereocenters. The van der Waals surface area contributed by atoms with Gasteiger partial charge in [-0.15, -0.1) is 0 Å². The fraction of sp³-hybridized carbons (Fsp3) is 0.600. The molecule has 1 heterocycles. The van der Waals surface area contributed by atoms with Gasteiger partial charge >= 0.3 is 6.18 Å². The Morgan fingerprint density at radius 2 is 1.86 bits per heavy atom. The third-order valence-corrected chi connectivity index (χ3v) is 5.79. The molecule has 0 aliphatic carbocycles. The Hall–Kier alpha value is -1.08. The second kappa shape index (κ2) is 6.58. The zero-order valence-corrected chi connectivity index (χ0v) is 13.3. The second-order valence-electron chi connectivity index (χ2n) is 5.80. The first-order valence-electron chi connectivity index (χ1n) is 7.28. The lowest BCUT2D eigenvalue weighted by Gasteiger charge is -2.33. The third kappa shape index (κ3) is 4.71. The first-order valence-corrected chi connectivity index (χ1v) is 9.10. The second-order valence-corrected chi connectivity index (χ2v) is 8.03. The largest absolute Gasteiger partial charge is 0.416 e. The number of hydrogen-bond donors (Lipinski definition) is 0. The van der Waals surface area contributed by atoms with Crippen molar-refractivity contribution in [1.82, 2.24) is 4.90 Å². The number of nitrogens with zero attached hydrogens (tertiary/aromatic N) is 1. The topological polar surface area (TPSA) is 37.4 Å². The molecule has 0 radical (unpaired) electrons. The molecule has 0 amide bonds. The fourth-order valence-corrected chi connectivity index (χ4v) is 4.34. The van der Waals surface area contributed by atoms with Gasteiger partial charge in [-0.05, 0) is 44.0 Å². The maximum Gasteiger partial charge on any atom is 0.416 e. The van der Waals surface area contributed by atoms with Gasteiger partial charge in [0.15, 0.2) is 9.84 Å². The molecule has 124 valence electrons. The molecule has 7 heteroatoms. The number of aryl methyl sites for hydroxylation is 1. The maximum atomic E-state index is 12.5. The van der Waals surface area contributed by atoms with Gasteiger partial charge in [0.05, 0.1) is 17.1 Å². The van der Waals surface area contributed by atoms with Gasteiger partial charge in [-0.1, -0.05) is 12.1 Å². The van der Waals surface area contributed by atoms with E-state index in [4.69, 9.17) is 0 Å². The van der Waals surface area contributed by atoms with Crippen LogP contribution in [-0.4, -0.2) is 44.0 Å². The van der Waals surface area contributed by atoms with Crippen LogP contribution in [0.1, 0.15) is 24.5 Å². The summed E-state index contributed by atoms with van der Waals surface area (Å²) in [5.74, 6) is 0.380. The van der Waals surface area contributed by atoms with Crippen LogP contribution in [0.2, 0.25) is 0 Å². The predicted molar refractivity (Wildman–Crippen MR) is 79.5 cm³/mol. The van der Waals surface area contributed by atoms with Crippen LogP contribution in [0, 0.1) is 0 Å². The number of halogens is 3. The average Bonchev–Trinajstić information content (AvgIpc) is 2.40. The first-order chi connectivity index (χ1) is 10.2. The van der Waals surface area contributed by atoms with E-state index in [0.29, 0.717) is 13.0 Å². The molecule has 0 N–H and O–H groups in total. The number of benzene rings is 1. The number of alkyl halides is 3. The molecule has 1 aromatic carbocycles. The van der Waals surface area contributed by atoms with Gasteiger partial charge in [0.2, 0.25) is 0 Å². The molecular weight excluding hydrogens is 315 g/mol. The standard InChI is InChI=1S/C15H20F3NO2S/c1-12-11-22(20,21)10-9-19(12)8-2-3-13-4-6-14(7-5-13)15(16,17)18/h4-7,12H,2-3,8-11H2,1H3/t12-/m0/s1. The SMILES string of the molecule is C[C@H]1CS(=O)(=O)CCN1CCCc1ccc(C(F)(F)F)cc1. The van der Waals surface area contributed by atoms with Crippen LogP contribution in [0.5, 0.6) is 0 Å². The molecule has 0 spiro atoms. The van der Waals surface area contributed by atoms with Crippen LogP contribution in [0.25, 0.3) is 0 Å². The highest BCUT2D eigenvalue weighted by Gasteiger charge is 2.30. The summed E-state index contributed by atoms with van der Waals surface area (Å²) in [4.78, 5) is 2.13. The van der Waals surface area contributed by atoms with Crippen molar-refractivity contribution in [1.29, 1.82) is 0 Å². The summed E-state index contributed by atoms with van der Waals surface area (Å²) < 4.78 is 60.4. The van der Waals surface area contributed by atoms with Crippen LogP contribution in [0.15, 0.2) is 24.3 Å². The Morgan fingerprint density at radius 3 is 2.41 bits per heavy atom. The lowest BCUT2D eigenvalue weighted by Crippen LogP contribution is -2.47. The molecule has 3 nitrogen and oxygen atoms in total. The smallest absolute Gasteiger partial charge is 0.299 e. The quantitative estimate of drug-likeness (QED) is 0.849. The first kappa shape index (κ1) is 17.3. The van der Waals surface area contributed by atoms with E-state index in [2.05, 4.69) is 4.90 Å². The molecule has 0 saturated carbocycles. The van der Waals surface area contributed by atoms with Gasteiger partial charge in [-0.2, -0.15) is 13.2 Å². The van der Waals surface area contributed by atoms with Crippen molar-refractivity contribution < 1.29 is 21.6 Å². The lowest BCUT2D eigenvalue weighted by molar-refractivity contribution is -0.137. The fourth-order valence-electron chi connectivity index (χ4n) is 2.71. The van der Waals surface area contributed by atoms with Crippen molar-refractivity contribution in [3.8, 4) is 0 Å². The van der Waals surface area contributed by atoms with E-state index in [-0.39, 0.29) is 17.5 Å². The summed E-state index contributed by atoms with van der Waals surface area (Å²) in [5.41, 5.74) is 0.233. The summed E-state index contributed by atoms with van der Waals surface area (Å²) in [6.07, 6.45) is -2.81. The van der Waals surface area contributed by atoms with E-state index < -0.39 is 21.6 Å². The van der Waals surface area contributed by atoms with Gasteiger partial charge < -0.3 is 0 Å². The molecule has 1 atom stereocenters. The molecule has 0 bridgehead atoms. The van der Waals surface area contributed by atoms with E-state index in [9.17, 15) is 21.6 Å². The minimum Gasteiger partial charge on any atom is -0.299 e. The molecule has 22 heavy (non-hydrogen) atoms. The Labute approximate surface area is 129 Å². The zero-order chi connectivity index (χ0) is 16.4. The summed E-state index contributed by atoms with van der Waals surface area (Å²) >= 11 is 0. The van der Waals surface area contributed by atoms with E-state index in [1.54, 1.807) is 0 Å². The van der Waals surface area contributed by atoms with E-state index in [0.717, 1.165) is 30.7 Å². The summed E-state index contributed by atoms with van der Waals surface area (Å²) in [6, 6.07) is 5.22. The Morgan fingerprint density at radius 1 is 1.23 bits per heavy atom. The highest BCUT2D eigenvalue weighted by Crippen LogP contribution is 2.29. The van der Waals surface area contributed by atoms with Gasteiger partial charge in [0.25, 0.3) is 0 Å². The predicted octanol–water partition coefficient (Wildman–Crippen LogP) is 2.76. The minimum absolute atomic E-state index is 0.00588. The van der Waals surface area contributed by atoms with Crippen molar-refractivity contribution in [3.05, 3.63) is 35.4 Å². The Kier molecular flexibility index (Phi) is 5.17. The van der Waals surface area contributed by atoms with Crippen molar-refractivity contribution in [2.24, 2.45) is 0 Å². The molecule has 1 saturated heterocycles. The van der Waals surface area contributed by atoms with Crippen molar-refractivity contribution in [3.63, 3.8) is 0 Å². The molecule has 1 fully saturated rings. The van der Waals surface area contributed by atoms with Gasteiger partial charge in [0.1, 0.15) is 0 Å². The summed E-state index contributed by atoms with van der Waals surface area (Å²) in [6.45, 7) is 3.20. The normalized spacial score (nSPS) is 22.6. The molecular formula is C15H20F3NO2S. The Bertz CT molecular complexity index is 596. The van der Waals surface area contributed by atoms with Crippen molar-refractivity contribution in [2.45, 2.75) is 32.0 Å². The van der Waals surface area contributed by atoms with E-state index in [1.807, 2.05) is 6.92 Å².